The Balaban J connectivity index is 1.86. The number of hydrogen-bond acceptors (Lipinski definition) is 6. The van der Waals surface area contributed by atoms with Crippen LogP contribution in [0.4, 0.5) is 0 Å². The lowest BCUT2D eigenvalue weighted by Crippen LogP contribution is -2.67. The van der Waals surface area contributed by atoms with Gasteiger partial charge < -0.3 is 25.2 Å². The first-order chi connectivity index (χ1) is 12.0. The van der Waals surface area contributed by atoms with Gasteiger partial charge in [-0.1, -0.05) is 60.3 Å². The second-order valence-electron chi connectivity index (χ2n) is 6.20. The number of aliphatic hydroxyl groups excluding tert-OH is 3. The third-order valence-corrected chi connectivity index (χ3v) is 5.59. The minimum absolute atomic E-state index is 0.0574. The summed E-state index contributed by atoms with van der Waals surface area (Å²) < 4.78 is 5.65. The Morgan fingerprint density at radius 1 is 0.920 bits per heavy atom. The number of aliphatic hydroxyl groups is 4. The number of rotatable bonds is 5. The van der Waals surface area contributed by atoms with Crippen LogP contribution in [0.2, 0.25) is 0 Å². The van der Waals surface area contributed by atoms with Gasteiger partial charge >= 0.3 is 0 Å². The Morgan fingerprint density at radius 2 is 1.52 bits per heavy atom. The molecule has 1 fully saturated rings. The molecule has 0 unspecified atom stereocenters. The second-order valence-corrected chi connectivity index (χ2v) is 7.37. The molecular weight excluding hydrogens is 340 g/mol. The molecular formula is C19H22O5S. The van der Waals surface area contributed by atoms with E-state index < -0.39 is 36.0 Å². The minimum atomic E-state index is -1.82. The summed E-state index contributed by atoms with van der Waals surface area (Å²) >= 11 is 1.25. The fraction of sp³-hybridized carbons (Fsp3) is 0.368. The predicted octanol–water partition coefficient (Wildman–Crippen LogP) is 1.19. The smallest absolute Gasteiger partial charge is 0.137 e. The number of ether oxygens (including phenoxy) is 1. The molecule has 1 saturated heterocycles. The van der Waals surface area contributed by atoms with E-state index in [0.717, 1.165) is 10.5 Å². The van der Waals surface area contributed by atoms with Gasteiger partial charge in [-0.15, -0.1) is 0 Å². The molecule has 0 radical (unpaired) electrons. The van der Waals surface area contributed by atoms with Gasteiger partial charge in [0.05, 0.1) is 6.61 Å². The summed E-state index contributed by atoms with van der Waals surface area (Å²) in [4.78, 5) is 0.863. The first kappa shape index (κ1) is 18.4. The van der Waals surface area contributed by atoms with E-state index in [-0.39, 0.29) is 6.42 Å². The molecule has 1 aliphatic heterocycles. The molecule has 0 spiro atoms. The largest absolute Gasteiger partial charge is 0.394 e. The Morgan fingerprint density at radius 3 is 2.12 bits per heavy atom. The highest BCUT2D eigenvalue weighted by atomic mass is 32.2. The minimum Gasteiger partial charge on any atom is -0.394 e. The summed E-state index contributed by atoms with van der Waals surface area (Å²) in [7, 11) is 0. The fourth-order valence-electron chi connectivity index (χ4n) is 3.05. The highest BCUT2D eigenvalue weighted by Gasteiger charge is 2.54. The van der Waals surface area contributed by atoms with Crippen molar-refractivity contribution in [2.24, 2.45) is 0 Å². The molecule has 3 rings (SSSR count). The summed E-state index contributed by atoms with van der Waals surface area (Å²) in [6.07, 6.45) is -3.64. The van der Waals surface area contributed by atoms with E-state index in [1.807, 2.05) is 60.7 Å². The molecule has 0 aromatic heterocycles. The highest BCUT2D eigenvalue weighted by molar-refractivity contribution is 7.99. The lowest BCUT2D eigenvalue weighted by Gasteiger charge is -2.48. The van der Waals surface area contributed by atoms with Crippen molar-refractivity contribution in [2.75, 3.05) is 6.61 Å². The quantitative estimate of drug-likeness (QED) is 0.639. The third kappa shape index (κ3) is 3.89. The molecule has 4 N–H and O–H groups in total. The van der Waals surface area contributed by atoms with E-state index >= 15 is 0 Å². The highest BCUT2D eigenvalue weighted by Crippen LogP contribution is 2.39. The molecule has 0 saturated carbocycles. The predicted molar refractivity (Wildman–Crippen MR) is 95.2 cm³/mol. The maximum absolute atomic E-state index is 11.1. The van der Waals surface area contributed by atoms with Gasteiger partial charge in [-0.25, -0.2) is 0 Å². The van der Waals surface area contributed by atoms with Crippen LogP contribution < -0.4 is 0 Å². The molecule has 2 aromatic carbocycles. The number of benzene rings is 2. The van der Waals surface area contributed by atoms with E-state index in [0.29, 0.717) is 0 Å². The van der Waals surface area contributed by atoms with Gasteiger partial charge in [0.2, 0.25) is 0 Å². The molecule has 1 aliphatic rings. The van der Waals surface area contributed by atoms with Crippen LogP contribution in [0.1, 0.15) is 5.56 Å². The fourth-order valence-corrected chi connectivity index (χ4v) is 4.20. The molecule has 0 aliphatic carbocycles. The molecule has 0 bridgehead atoms. The standard InChI is InChI=1S/C19H22O5S/c20-12-15-16(21)19(23,11-13-7-3-1-4-8-13)17(22)18(24-15)25-14-9-5-2-6-10-14/h1-10,15-18,20-23H,11-12H2/t15-,16+,17+,18+,19+/m1/s1. The van der Waals surface area contributed by atoms with Crippen LogP contribution in [0.15, 0.2) is 65.6 Å². The van der Waals surface area contributed by atoms with E-state index in [4.69, 9.17) is 4.74 Å². The summed E-state index contributed by atoms with van der Waals surface area (Å²) in [6.45, 7) is -0.448. The normalized spacial score (nSPS) is 32.5. The molecule has 5 nitrogen and oxygen atoms in total. The lowest BCUT2D eigenvalue weighted by atomic mass is 9.80. The Hall–Kier alpha value is -1.41. The zero-order chi connectivity index (χ0) is 17.9. The summed E-state index contributed by atoms with van der Waals surface area (Å²) in [6, 6.07) is 18.5. The van der Waals surface area contributed by atoms with Gasteiger partial charge in [0.15, 0.2) is 0 Å². The number of thioether (sulfide) groups is 1. The van der Waals surface area contributed by atoms with Crippen LogP contribution in [0.5, 0.6) is 0 Å². The van der Waals surface area contributed by atoms with Crippen LogP contribution >= 0.6 is 11.8 Å². The second kappa shape index (κ2) is 7.86. The molecule has 0 amide bonds. The van der Waals surface area contributed by atoms with Crippen LogP contribution in [0.25, 0.3) is 0 Å². The van der Waals surface area contributed by atoms with Crippen molar-refractivity contribution in [1.29, 1.82) is 0 Å². The van der Waals surface area contributed by atoms with E-state index in [1.54, 1.807) is 0 Å². The summed E-state index contributed by atoms with van der Waals surface area (Å²) in [5.74, 6) is 0. The van der Waals surface area contributed by atoms with Gasteiger partial charge in [-0.3, -0.25) is 0 Å². The molecule has 2 aromatic rings. The topological polar surface area (TPSA) is 90.2 Å². The van der Waals surface area contributed by atoms with E-state index in [9.17, 15) is 20.4 Å². The van der Waals surface area contributed by atoms with Crippen molar-refractivity contribution in [1.82, 2.24) is 0 Å². The SMILES string of the molecule is OC[C@H]1O[C@@H](Sc2ccccc2)[C@H](O)[C@](O)(Cc2ccccc2)[C@H]1O. The van der Waals surface area contributed by atoms with Gasteiger partial charge in [-0.2, -0.15) is 0 Å². The van der Waals surface area contributed by atoms with Crippen molar-refractivity contribution in [2.45, 2.75) is 40.7 Å². The van der Waals surface area contributed by atoms with Gasteiger partial charge in [-0.05, 0) is 17.7 Å². The van der Waals surface area contributed by atoms with Crippen LogP contribution in [-0.4, -0.2) is 56.4 Å². The first-order valence-corrected chi connectivity index (χ1v) is 9.03. The zero-order valence-electron chi connectivity index (χ0n) is 13.6. The monoisotopic (exact) mass is 362 g/mol. The summed E-state index contributed by atoms with van der Waals surface area (Å²) in [5, 5.41) is 41.9. The van der Waals surface area contributed by atoms with Gasteiger partial charge in [0.25, 0.3) is 0 Å². The Kier molecular flexibility index (Phi) is 5.78. The van der Waals surface area contributed by atoms with Crippen molar-refractivity contribution in [3.8, 4) is 0 Å². The Bertz CT molecular complexity index is 668. The Labute approximate surface area is 150 Å². The average Bonchev–Trinajstić information content (AvgIpc) is 2.64. The molecule has 5 atom stereocenters. The van der Waals surface area contributed by atoms with E-state index in [2.05, 4.69) is 0 Å². The van der Waals surface area contributed by atoms with Crippen LogP contribution in [-0.2, 0) is 11.2 Å². The van der Waals surface area contributed by atoms with Gasteiger partial charge in [0, 0.05) is 11.3 Å². The van der Waals surface area contributed by atoms with Crippen LogP contribution in [0, 0.1) is 0 Å². The van der Waals surface area contributed by atoms with Crippen molar-refractivity contribution >= 4 is 11.8 Å². The van der Waals surface area contributed by atoms with Crippen molar-refractivity contribution in [3.05, 3.63) is 66.2 Å². The number of hydrogen-bond donors (Lipinski definition) is 4. The van der Waals surface area contributed by atoms with Crippen molar-refractivity contribution in [3.63, 3.8) is 0 Å². The maximum Gasteiger partial charge on any atom is 0.137 e. The molecule has 25 heavy (non-hydrogen) atoms. The lowest BCUT2D eigenvalue weighted by molar-refractivity contribution is -0.255. The van der Waals surface area contributed by atoms with E-state index in [1.165, 1.54) is 11.8 Å². The summed E-state index contributed by atoms with van der Waals surface area (Å²) in [5.41, 5.74) is -1.85. The zero-order valence-corrected chi connectivity index (χ0v) is 14.4. The third-order valence-electron chi connectivity index (χ3n) is 4.45. The maximum atomic E-state index is 11.1. The molecule has 6 heteroatoms. The van der Waals surface area contributed by atoms with Gasteiger partial charge in [0.1, 0.15) is 29.3 Å². The van der Waals surface area contributed by atoms with Crippen molar-refractivity contribution < 1.29 is 25.2 Å². The molecule has 134 valence electrons. The molecule has 1 heterocycles. The van der Waals surface area contributed by atoms with Crippen LogP contribution in [0.3, 0.4) is 0 Å². The average molecular weight is 362 g/mol. The first-order valence-electron chi connectivity index (χ1n) is 8.15.